The van der Waals surface area contributed by atoms with Gasteiger partial charge in [-0.25, -0.2) is 0 Å². The molecular formula is C11H16BNO2. The third-order valence-electron chi connectivity index (χ3n) is 2.55. The lowest BCUT2D eigenvalue weighted by atomic mass is 9.82. The van der Waals surface area contributed by atoms with Crippen LogP contribution in [0.3, 0.4) is 0 Å². The highest BCUT2D eigenvalue weighted by Crippen LogP contribution is 2.32. The van der Waals surface area contributed by atoms with Crippen LogP contribution >= 0.6 is 0 Å². The molecule has 80 valence electrons. The van der Waals surface area contributed by atoms with Crippen molar-refractivity contribution in [2.45, 2.75) is 26.7 Å². The van der Waals surface area contributed by atoms with E-state index in [1.807, 2.05) is 31.9 Å². The second kappa shape index (κ2) is 4.15. The van der Waals surface area contributed by atoms with Crippen molar-refractivity contribution in [3.63, 3.8) is 0 Å². The van der Waals surface area contributed by atoms with Crippen molar-refractivity contribution in [2.24, 2.45) is 0 Å². The maximum atomic E-state index is 5.67. The van der Waals surface area contributed by atoms with E-state index in [0.717, 1.165) is 11.5 Å². The Morgan fingerprint density at radius 3 is 3.07 bits per heavy atom. The van der Waals surface area contributed by atoms with Crippen LogP contribution in [0.15, 0.2) is 18.2 Å². The Morgan fingerprint density at radius 1 is 1.53 bits per heavy atom. The highest BCUT2D eigenvalue weighted by molar-refractivity contribution is 6.48. The van der Waals surface area contributed by atoms with Gasteiger partial charge in [0.05, 0.1) is 6.61 Å². The fourth-order valence-electron chi connectivity index (χ4n) is 1.90. The molecule has 0 saturated carbocycles. The first-order valence-electron chi connectivity index (χ1n) is 5.40. The molecule has 1 unspecified atom stereocenters. The lowest BCUT2D eigenvalue weighted by molar-refractivity contribution is 0.338. The average Bonchev–Trinajstić information content (AvgIpc) is 2.19. The Bertz CT molecular complexity index is 356. The van der Waals surface area contributed by atoms with Crippen molar-refractivity contribution in [1.82, 2.24) is 5.23 Å². The normalized spacial score (nSPS) is 19.4. The molecule has 0 aliphatic carbocycles. The molecule has 0 radical (unpaired) electrons. The standard InChI is InChI=1S/C11H16BNO2/c1-4-14-9-5-6-11-10(7-9)8(2)13-12(3)15-11/h5-8,13H,4H2,1-3H3. The molecule has 1 atom stereocenters. The number of benzene rings is 1. The summed E-state index contributed by atoms with van der Waals surface area (Å²) in [5, 5.41) is 3.33. The second-order valence-electron chi connectivity index (χ2n) is 3.78. The number of nitrogens with one attached hydrogen (secondary N) is 1. The third kappa shape index (κ3) is 2.10. The van der Waals surface area contributed by atoms with Crippen molar-refractivity contribution in [3.05, 3.63) is 23.8 Å². The first-order valence-corrected chi connectivity index (χ1v) is 5.40. The molecule has 0 fully saturated rings. The van der Waals surface area contributed by atoms with E-state index in [0.29, 0.717) is 12.6 Å². The van der Waals surface area contributed by atoms with Crippen LogP contribution in [0, 0.1) is 0 Å². The van der Waals surface area contributed by atoms with Gasteiger partial charge in [-0.2, -0.15) is 0 Å². The molecule has 15 heavy (non-hydrogen) atoms. The Balaban J connectivity index is 2.30. The van der Waals surface area contributed by atoms with E-state index in [4.69, 9.17) is 9.39 Å². The molecule has 0 amide bonds. The molecule has 0 spiro atoms. The van der Waals surface area contributed by atoms with E-state index in [1.165, 1.54) is 5.56 Å². The lowest BCUT2D eigenvalue weighted by Gasteiger charge is -2.28. The van der Waals surface area contributed by atoms with Crippen molar-refractivity contribution < 1.29 is 9.39 Å². The van der Waals surface area contributed by atoms with E-state index in [-0.39, 0.29) is 7.05 Å². The number of hydrogen-bond donors (Lipinski definition) is 1. The fraction of sp³-hybridized carbons (Fsp3) is 0.455. The van der Waals surface area contributed by atoms with Gasteiger partial charge in [-0.3, -0.25) is 0 Å². The summed E-state index contributed by atoms with van der Waals surface area (Å²) in [5.41, 5.74) is 1.17. The monoisotopic (exact) mass is 205 g/mol. The summed E-state index contributed by atoms with van der Waals surface area (Å²) in [6, 6.07) is 6.29. The highest BCUT2D eigenvalue weighted by atomic mass is 16.5. The van der Waals surface area contributed by atoms with Crippen LogP contribution in [0.1, 0.15) is 25.5 Å². The van der Waals surface area contributed by atoms with E-state index in [2.05, 4.69) is 12.2 Å². The fourth-order valence-corrected chi connectivity index (χ4v) is 1.90. The van der Waals surface area contributed by atoms with E-state index in [9.17, 15) is 0 Å². The molecule has 1 aromatic rings. The van der Waals surface area contributed by atoms with Crippen LogP contribution in [0.2, 0.25) is 6.82 Å². The van der Waals surface area contributed by atoms with Gasteiger partial charge in [0.1, 0.15) is 11.5 Å². The molecule has 1 aliphatic rings. The number of fused-ring (bicyclic) bond motifs is 1. The summed E-state index contributed by atoms with van der Waals surface area (Å²) < 4.78 is 11.1. The van der Waals surface area contributed by atoms with Crippen LogP contribution in [0.5, 0.6) is 11.5 Å². The first kappa shape index (κ1) is 10.4. The molecule has 1 aliphatic heterocycles. The summed E-state index contributed by atoms with van der Waals surface area (Å²) in [6.07, 6.45) is 0. The molecular weight excluding hydrogens is 189 g/mol. The van der Waals surface area contributed by atoms with Crippen LogP contribution < -0.4 is 14.6 Å². The smallest absolute Gasteiger partial charge is 0.443 e. The van der Waals surface area contributed by atoms with Crippen molar-refractivity contribution >= 4 is 7.05 Å². The summed E-state index contributed by atoms with van der Waals surface area (Å²) in [5.74, 6) is 1.86. The van der Waals surface area contributed by atoms with E-state index < -0.39 is 0 Å². The van der Waals surface area contributed by atoms with Gasteiger partial charge in [0.2, 0.25) is 0 Å². The largest absolute Gasteiger partial charge is 0.546 e. The summed E-state index contributed by atoms with van der Waals surface area (Å²) >= 11 is 0. The summed E-state index contributed by atoms with van der Waals surface area (Å²) in [6.45, 7) is 6.82. The van der Waals surface area contributed by atoms with Crippen molar-refractivity contribution in [1.29, 1.82) is 0 Å². The van der Waals surface area contributed by atoms with Crippen LogP contribution in [0.25, 0.3) is 0 Å². The Kier molecular flexibility index (Phi) is 2.87. The van der Waals surface area contributed by atoms with Gasteiger partial charge in [0, 0.05) is 11.6 Å². The molecule has 1 N–H and O–H groups in total. The predicted octanol–water partition coefficient (Wildman–Crippen LogP) is 2.25. The van der Waals surface area contributed by atoms with Crippen LogP contribution in [0.4, 0.5) is 0 Å². The van der Waals surface area contributed by atoms with E-state index in [1.54, 1.807) is 0 Å². The Labute approximate surface area is 90.9 Å². The number of ether oxygens (including phenoxy) is 1. The van der Waals surface area contributed by atoms with Gasteiger partial charge in [0.25, 0.3) is 0 Å². The zero-order valence-electron chi connectivity index (χ0n) is 9.41. The van der Waals surface area contributed by atoms with Crippen LogP contribution in [-0.4, -0.2) is 13.7 Å². The first-order chi connectivity index (χ1) is 7.20. The molecule has 3 nitrogen and oxygen atoms in total. The van der Waals surface area contributed by atoms with Gasteiger partial charge >= 0.3 is 7.05 Å². The molecule has 0 bridgehead atoms. The summed E-state index contributed by atoms with van der Waals surface area (Å²) in [4.78, 5) is 0. The number of hydrogen-bond acceptors (Lipinski definition) is 3. The minimum atomic E-state index is 0.0745. The van der Waals surface area contributed by atoms with E-state index >= 15 is 0 Å². The van der Waals surface area contributed by atoms with Gasteiger partial charge in [-0.05, 0) is 38.9 Å². The molecule has 2 rings (SSSR count). The SMILES string of the molecule is CCOc1ccc2c(c1)C(C)NB(C)O2. The molecule has 4 heteroatoms. The Morgan fingerprint density at radius 2 is 2.33 bits per heavy atom. The van der Waals surface area contributed by atoms with Gasteiger partial charge in [-0.15, -0.1) is 0 Å². The van der Waals surface area contributed by atoms with Crippen LogP contribution in [-0.2, 0) is 0 Å². The topological polar surface area (TPSA) is 30.5 Å². The molecule has 0 aromatic heterocycles. The number of rotatable bonds is 2. The lowest BCUT2D eigenvalue weighted by Crippen LogP contribution is -2.42. The zero-order valence-corrected chi connectivity index (χ0v) is 9.41. The quantitative estimate of drug-likeness (QED) is 0.751. The minimum Gasteiger partial charge on any atom is -0.546 e. The predicted molar refractivity (Wildman–Crippen MR) is 61.4 cm³/mol. The maximum Gasteiger partial charge on any atom is 0.443 e. The van der Waals surface area contributed by atoms with Crippen molar-refractivity contribution in [2.75, 3.05) is 6.61 Å². The molecule has 1 aromatic carbocycles. The second-order valence-corrected chi connectivity index (χ2v) is 3.78. The van der Waals surface area contributed by atoms with Gasteiger partial charge in [-0.1, -0.05) is 0 Å². The molecule has 1 heterocycles. The third-order valence-corrected chi connectivity index (χ3v) is 2.55. The van der Waals surface area contributed by atoms with Crippen molar-refractivity contribution in [3.8, 4) is 11.5 Å². The molecule has 0 saturated heterocycles. The maximum absolute atomic E-state index is 5.67. The average molecular weight is 205 g/mol. The van der Waals surface area contributed by atoms with Gasteiger partial charge < -0.3 is 14.6 Å². The zero-order chi connectivity index (χ0) is 10.8. The Hall–Kier alpha value is -1.16. The summed E-state index contributed by atoms with van der Waals surface area (Å²) in [7, 11) is 0.0745. The highest BCUT2D eigenvalue weighted by Gasteiger charge is 2.25. The minimum absolute atomic E-state index is 0.0745. The van der Waals surface area contributed by atoms with Gasteiger partial charge in [0.15, 0.2) is 0 Å².